The molecule has 1 aromatic heterocycles. The van der Waals surface area contributed by atoms with Gasteiger partial charge in [0, 0.05) is 16.8 Å². The molecule has 0 amide bonds. The first-order chi connectivity index (χ1) is 7.99. The maximum Gasteiger partial charge on any atom is 0.254 e. The van der Waals surface area contributed by atoms with Crippen LogP contribution in [0.5, 0.6) is 0 Å². The van der Waals surface area contributed by atoms with E-state index in [0.29, 0.717) is 27.1 Å². The summed E-state index contributed by atoms with van der Waals surface area (Å²) in [6.07, 6.45) is 0. The third kappa shape index (κ3) is 2.29. The molecule has 0 saturated carbocycles. The number of hydrogen-bond donors (Lipinski definition) is 1. The highest BCUT2D eigenvalue weighted by molar-refractivity contribution is 9.10. The van der Waals surface area contributed by atoms with Gasteiger partial charge >= 0.3 is 0 Å². The maximum absolute atomic E-state index is 13.1. The summed E-state index contributed by atoms with van der Waals surface area (Å²) in [7, 11) is 0. The van der Waals surface area contributed by atoms with E-state index in [1.165, 1.54) is 6.07 Å². The van der Waals surface area contributed by atoms with E-state index in [1.807, 2.05) is 0 Å². The minimum atomic E-state index is -0.347. The first-order valence-corrected chi connectivity index (χ1v) is 5.81. The zero-order chi connectivity index (χ0) is 12.6. The third-order valence-corrected chi connectivity index (χ3v) is 3.20. The standard InChI is InChI=1S/C12H10BrFN2O/c1-6-7(2)15-11(16-12(6)17)8-3-4-10(14)9(13)5-8/h3-5H,1-2H3,(H,15,16,17). The van der Waals surface area contributed by atoms with Gasteiger partial charge in [0.1, 0.15) is 11.6 Å². The normalized spacial score (nSPS) is 10.6. The lowest BCUT2D eigenvalue weighted by molar-refractivity contribution is 0.621. The Morgan fingerprint density at radius 3 is 2.65 bits per heavy atom. The van der Waals surface area contributed by atoms with Crippen molar-refractivity contribution in [1.29, 1.82) is 0 Å². The van der Waals surface area contributed by atoms with Gasteiger partial charge in [-0.3, -0.25) is 4.79 Å². The molecule has 2 rings (SSSR count). The summed E-state index contributed by atoms with van der Waals surface area (Å²) in [5.74, 6) is 0.0960. The van der Waals surface area contributed by atoms with Crippen molar-refractivity contribution in [1.82, 2.24) is 9.97 Å². The molecular formula is C12H10BrFN2O. The van der Waals surface area contributed by atoms with E-state index in [2.05, 4.69) is 25.9 Å². The van der Waals surface area contributed by atoms with Crippen LogP contribution in [0.1, 0.15) is 11.3 Å². The van der Waals surface area contributed by atoms with E-state index in [0.717, 1.165) is 0 Å². The van der Waals surface area contributed by atoms with Crippen LogP contribution in [0.3, 0.4) is 0 Å². The zero-order valence-corrected chi connectivity index (χ0v) is 10.9. The number of nitrogens with one attached hydrogen (secondary N) is 1. The number of nitrogens with zero attached hydrogens (tertiary/aromatic N) is 1. The number of hydrogen-bond acceptors (Lipinski definition) is 2. The van der Waals surface area contributed by atoms with Gasteiger partial charge in [-0.05, 0) is 48.0 Å². The van der Waals surface area contributed by atoms with E-state index in [-0.39, 0.29) is 11.4 Å². The summed E-state index contributed by atoms with van der Waals surface area (Å²) in [5, 5.41) is 0. The SMILES string of the molecule is Cc1nc(-c2ccc(F)c(Br)c2)[nH]c(=O)c1C. The summed E-state index contributed by atoms with van der Waals surface area (Å²) in [6, 6.07) is 4.49. The van der Waals surface area contributed by atoms with Crippen molar-refractivity contribution in [3.05, 3.63) is 50.1 Å². The highest BCUT2D eigenvalue weighted by Crippen LogP contribution is 2.22. The molecule has 0 saturated heterocycles. The lowest BCUT2D eigenvalue weighted by Gasteiger charge is -2.05. The number of H-pyrrole nitrogens is 1. The molecule has 0 spiro atoms. The monoisotopic (exact) mass is 296 g/mol. The van der Waals surface area contributed by atoms with E-state index >= 15 is 0 Å². The van der Waals surface area contributed by atoms with Crippen LogP contribution in [0.25, 0.3) is 11.4 Å². The first kappa shape index (κ1) is 12.0. The Balaban J connectivity index is 2.61. The molecule has 88 valence electrons. The van der Waals surface area contributed by atoms with E-state index in [4.69, 9.17) is 0 Å². The molecule has 3 nitrogen and oxygen atoms in total. The van der Waals surface area contributed by atoms with Gasteiger partial charge < -0.3 is 4.98 Å². The topological polar surface area (TPSA) is 45.8 Å². The molecule has 0 aliphatic carbocycles. The Morgan fingerprint density at radius 1 is 1.35 bits per heavy atom. The molecule has 17 heavy (non-hydrogen) atoms. The molecule has 0 radical (unpaired) electrons. The van der Waals surface area contributed by atoms with Gasteiger partial charge in [-0.1, -0.05) is 0 Å². The number of aromatic nitrogens is 2. The van der Waals surface area contributed by atoms with Crippen molar-refractivity contribution in [3.63, 3.8) is 0 Å². The predicted octanol–water partition coefficient (Wildman–Crippen LogP) is 2.96. The summed E-state index contributed by atoms with van der Waals surface area (Å²) < 4.78 is 13.4. The molecule has 1 heterocycles. The Morgan fingerprint density at radius 2 is 2.06 bits per heavy atom. The lowest BCUT2D eigenvalue weighted by Crippen LogP contribution is -2.14. The number of rotatable bonds is 1. The number of benzene rings is 1. The number of halogens is 2. The second-order valence-corrected chi connectivity index (χ2v) is 4.61. The summed E-state index contributed by atoms with van der Waals surface area (Å²) in [4.78, 5) is 18.5. The fourth-order valence-electron chi connectivity index (χ4n) is 1.43. The highest BCUT2D eigenvalue weighted by Gasteiger charge is 2.07. The average molecular weight is 297 g/mol. The van der Waals surface area contributed by atoms with Crippen molar-refractivity contribution in [2.75, 3.05) is 0 Å². The molecule has 0 atom stereocenters. The van der Waals surface area contributed by atoms with Gasteiger partial charge in [0.2, 0.25) is 0 Å². The van der Waals surface area contributed by atoms with Crippen molar-refractivity contribution in [3.8, 4) is 11.4 Å². The van der Waals surface area contributed by atoms with Crippen LogP contribution in [0.15, 0.2) is 27.5 Å². The molecule has 0 unspecified atom stereocenters. The molecular weight excluding hydrogens is 287 g/mol. The summed E-state index contributed by atoms with van der Waals surface area (Å²) >= 11 is 3.10. The maximum atomic E-state index is 13.1. The third-order valence-electron chi connectivity index (χ3n) is 2.59. The fraction of sp³-hybridized carbons (Fsp3) is 0.167. The van der Waals surface area contributed by atoms with Gasteiger partial charge in [0.05, 0.1) is 4.47 Å². The Kier molecular flexibility index (Phi) is 3.11. The fourth-order valence-corrected chi connectivity index (χ4v) is 1.80. The van der Waals surface area contributed by atoms with Gasteiger partial charge in [0.25, 0.3) is 5.56 Å². The second kappa shape index (κ2) is 4.41. The van der Waals surface area contributed by atoms with Gasteiger partial charge in [0.15, 0.2) is 0 Å². The van der Waals surface area contributed by atoms with Crippen LogP contribution < -0.4 is 5.56 Å². The molecule has 1 N–H and O–H groups in total. The molecule has 2 aromatic rings. The summed E-state index contributed by atoms with van der Waals surface area (Å²) in [5.41, 5.74) is 1.76. The summed E-state index contributed by atoms with van der Waals surface area (Å²) in [6.45, 7) is 3.48. The van der Waals surface area contributed by atoms with Crippen LogP contribution in [-0.4, -0.2) is 9.97 Å². The zero-order valence-electron chi connectivity index (χ0n) is 9.34. The van der Waals surface area contributed by atoms with E-state index in [1.54, 1.807) is 26.0 Å². The number of aromatic amines is 1. The average Bonchev–Trinajstić information content (AvgIpc) is 2.29. The molecule has 0 bridgehead atoms. The molecule has 0 aliphatic heterocycles. The molecule has 1 aromatic carbocycles. The Labute approximate surface area is 106 Å². The Bertz CT molecular complexity index is 637. The number of aryl methyl sites for hydroxylation is 1. The van der Waals surface area contributed by atoms with Crippen molar-refractivity contribution < 1.29 is 4.39 Å². The van der Waals surface area contributed by atoms with Crippen LogP contribution in [0, 0.1) is 19.7 Å². The van der Waals surface area contributed by atoms with Crippen molar-refractivity contribution >= 4 is 15.9 Å². The van der Waals surface area contributed by atoms with Gasteiger partial charge in [-0.2, -0.15) is 0 Å². The van der Waals surface area contributed by atoms with E-state index < -0.39 is 0 Å². The second-order valence-electron chi connectivity index (χ2n) is 3.75. The van der Waals surface area contributed by atoms with Crippen LogP contribution in [0.4, 0.5) is 4.39 Å². The highest BCUT2D eigenvalue weighted by atomic mass is 79.9. The van der Waals surface area contributed by atoms with Crippen molar-refractivity contribution in [2.24, 2.45) is 0 Å². The van der Waals surface area contributed by atoms with Crippen molar-refractivity contribution in [2.45, 2.75) is 13.8 Å². The lowest BCUT2D eigenvalue weighted by atomic mass is 10.2. The Hall–Kier alpha value is -1.49. The minimum absolute atomic E-state index is 0.173. The van der Waals surface area contributed by atoms with E-state index in [9.17, 15) is 9.18 Å². The molecule has 5 heteroatoms. The molecule has 0 aliphatic rings. The molecule has 0 fully saturated rings. The van der Waals surface area contributed by atoms with Gasteiger partial charge in [-0.25, -0.2) is 9.37 Å². The van der Waals surface area contributed by atoms with Crippen LogP contribution in [0.2, 0.25) is 0 Å². The van der Waals surface area contributed by atoms with Crippen LogP contribution in [-0.2, 0) is 0 Å². The largest absolute Gasteiger partial charge is 0.306 e. The predicted molar refractivity (Wildman–Crippen MR) is 67.4 cm³/mol. The van der Waals surface area contributed by atoms with Crippen LogP contribution >= 0.6 is 15.9 Å². The quantitative estimate of drug-likeness (QED) is 0.879. The van der Waals surface area contributed by atoms with Gasteiger partial charge in [-0.15, -0.1) is 0 Å². The minimum Gasteiger partial charge on any atom is -0.306 e. The smallest absolute Gasteiger partial charge is 0.254 e. The first-order valence-electron chi connectivity index (χ1n) is 5.02.